The second-order valence-electron chi connectivity index (χ2n) is 9.99. The van der Waals surface area contributed by atoms with Gasteiger partial charge in [0.15, 0.2) is 0 Å². The zero-order valence-electron chi connectivity index (χ0n) is 18.5. The lowest BCUT2D eigenvalue weighted by Crippen LogP contribution is -2.41. The highest BCUT2D eigenvalue weighted by Crippen LogP contribution is 2.49. The summed E-state index contributed by atoms with van der Waals surface area (Å²) < 4.78 is 0. The van der Waals surface area contributed by atoms with Crippen LogP contribution < -0.4 is 5.32 Å². The first-order chi connectivity index (χ1) is 13.5. The van der Waals surface area contributed by atoms with Gasteiger partial charge in [-0.15, -0.1) is 11.3 Å². The van der Waals surface area contributed by atoms with Crippen molar-refractivity contribution in [3.05, 3.63) is 75.8 Å². The Hall–Kier alpha value is -1.75. The summed E-state index contributed by atoms with van der Waals surface area (Å²) in [5.74, 6) is 0. The highest BCUT2D eigenvalue weighted by molar-refractivity contribution is 7.09. The summed E-state index contributed by atoms with van der Waals surface area (Å²) in [5.41, 5.74) is 2.91. The molecule has 0 saturated carbocycles. The zero-order valence-corrected chi connectivity index (χ0v) is 19.3. The Bertz CT molecular complexity index is 884. The topological polar surface area (TPSA) is 45.2 Å². The summed E-state index contributed by atoms with van der Waals surface area (Å²) in [6, 6.07) is 10.4. The molecule has 0 fully saturated rings. The number of hydrogen-bond donors (Lipinski definition) is 2. The zero-order chi connectivity index (χ0) is 21.3. The molecular weight excluding hydrogens is 376 g/mol. The van der Waals surface area contributed by atoms with E-state index >= 15 is 0 Å². The molecule has 0 radical (unpaired) electrons. The molecule has 2 aromatic rings. The highest BCUT2D eigenvalue weighted by Gasteiger charge is 2.45. The van der Waals surface area contributed by atoms with Crippen LogP contribution in [0.4, 0.5) is 0 Å². The van der Waals surface area contributed by atoms with Crippen molar-refractivity contribution in [2.75, 3.05) is 0 Å². The number of aliphatic hydroxyl groups is 1. The predicted molar refractivity (Wildman–Crippen MR) is 123 cm³/mol. The lowest BCUT2D eigenvalue weighted by Gasteiger charge is -2.44. The van der Waals surface area contributed by atoms with Gasteiger partial charge in [0.2, 0.25) is 0 Å². The Balaban J connectivity index is 1.86. The standard InChI is InChI=1S/C25H34N2OS/c1-23(2,3)19-14-25(24(4,5)6,13-12-20(19)28)21-17-29-22(27-21)16-26-15-18-10-8-7-9-11-18/h7-14,17,20,26,28H,15-16H2,1-6H3. The quantitative estimate of drug-likeness (QED) is 0.629. The molecular formula is C25H34N2OS. The number of nitrogens with one attached hydrogen (secondary N) is 1. The third kappa shape index (κ3) is 4.71. The van der Waals surface area contributed by atoms with Gasteiger partial charge < -0.3 is 10.4 Å². The molecule has 156 valence electrons. The van der Waals surface area contributed by atoms with Crippen LogP contribution in [-0.4, -0.2) is 16.2 Å². The lowest BCUT2D eigenvalue weighted by molar-refractivity contribution is 0.207. The highest BCUT2D eigenvalue weighted by atomic mass is 32.1. The van der Waals surface area contributed by atoms with Crippen LogP contribution in [0.25, 0.3) is 0 Å². The van der Waals surface area contributed by atoms with Gasteiger partial charge in [-0.2, -0.15) is 0 Å². The molecule has 0 saturated heterocycles. The number of rotatable bonds is 5. The number of benzene rings is 1. The van der Waals surface area contributed by atoms with E-state index in [1.807, 2.05) is 12.1 Å². The average molecular weight is 411 g/mol. The maximum absolute atomic E-state index is 10.6. The first kappa shape index (κ1) is 21.9. The first-order valence-electron chi connectivity index (χ1n) is 10.3. The van der Waals surface area contributed by atoms with E-state index in [0.29, 0.717) is 0 Å². The lowest BCUT2D eigenvalue weighted by atomic mass is 9.60. The summed E-state index contributed by atoms with van der Waals surface area (Å²) in [6.45, 7) is 14.8. The average Bonchev–Trinajstić information content (AvgIpc) is 3.10. The largest absolute Gasteiger partial charge is 0.385 e. The van der Waals surface area contributed by atoms with Gasteiger partial charge in [0, 0.05) is 18.5 Å². The van der Waals surface area contributed by atoms with Gasteiger partial charge in [0.05, 0.1) is 17.2 Å². The molecule has 2 unspecified atom stereocenters. The fourth-order valence-corrected chi connectivity index (χ4v) is 4.72. The summed E-state index contributed by atoms with van der Waals surface area (Å²) in [7, 11) is 0. The molecule has 1 heterocycles. The molecule has 29 heavy (non-hydrogen) atoms. The van der Waals surface area contributed by atoms with Gasteiger partial charge in [0.25, 0.3) is 0 Å². The van der Waals surface area contributed by atoms with Gasteiger partial charge in [0.1, 0.15) is 5.01 Å². The van der Waals surface area contributed by atoms with Crippen LogP contribution in [0.1, 0.15) is 57.8 Å². The van der Waals surface area contributed by atoms with Crippen LogP contribution in [0.5, 0.6) is 0 Å². The minimum absolute atomic E-state index is 0.0665. The van der Waals surface area contributed by atoms with E-state index in [2.05, 4.69) is 88.7 Å². The van der Waals surface area contributed by atoms with Crippen molar-refractivity contribution in [2.45, 2.75) is 66.2 Å². The third-order valence-corrected chi connectivity index (χ3v) is 6.62. The molecule has 2 atom stereocenters. The molecule has 0 amide bonds. The van der Waals surface area contributed by atoms with Gasteiger partial charge in [-0.1, -0.05) is 90.1 Å². The van der Waals surface area contributed by atoms with Crippen LogP contribution >= 0.6 is 11.3 Å². The molecule has 1 aliphatic rings. The Kier molecular flexibility index (Phi) is 6.19. The second-order valence-corrected chi connectivity index (χ2v) is 10.9. The van der Waals surface area contributed by atoms with Crippen molar-refractivity contribution in [2.24, 2.45) is 10.8 Å². The smallest absolute Gasteiger partial charge is 0.107 e. The Morgan fingerprint density at radius 2 is 1.76 bits per heavy atom. The third-order valence-electron chi connectivity index (χ3n) is 5.77. The molecule has 1 aromatic carbocycles. The minimum Gasteiger partial charge on any atom is -0.385 e. The molecule has 0 spiro atoms. The first-order valence-corrected chi connectivity index (χ1v) is 11.2. The van der Waals surface area contributed by atoms with Crippen molar-refractivity contribution in [1.29, 1.82) is 0 Å². The van der Waals surface area contributed by atoms with Crippen LogP contribution in [0.2, 0.25) is 0 Å². The van der Waals surface area contributed by atoms with Crippen LogP contribution in [0, 0.1) is 10.8 Å². The molecule has 0 bridgehead atoms. The molecule has 2 N–H and O–H groups in total. The van der Waals surface area contributed by atoms with Crippen LogP contribution in [0.15, 0.2) is 59.5 Å². The van der Waals surface area contributed by atoms with Gasteiger partial charge in [-0.05, 0) is 22.0 Å². The Morgan fingerprint density at radius 3 is 2.38 bits per heavy atom. The summed E-state index contributed by atoms with van der Waals surface area (Å²) in [4.78, 5) is 5.02. The SMILES string of the molecule is CC(C)(C)C1=CC(c2csc(CNCc3ccccc3)n2)(C(C)(C)C)C=CC1O. The van der Waals surface area contributed by atoms with E-state index in [4.69, 9.17) is 4.98 Å². The fraction of sp³-hybridized carbons (Fsp3) is 0.480. The van der Waals surface area contributed by atoms with Crippen molar-refractivity contribution in [3.8, 4) is 0 Å². The van der Waals surface area contributed by atoms with E-state index in [9.17, 15) is 5.11 Å². The fourth-order valence-electron chi connectivity index (χ4n) is 3.89. The van der Waals surface area contributed by atoms with E-state index < -0.39 is 6.10 Å². The van der Waals surface area contributed by atoms with Gasteiger partial charge >= 0.3 is 0 Å². The number of aromatic nitrogens is 1. The number of nitrogens with zero attached hydrogens (tertiary/aromatic N) is 1. The number of allylic oxidation sites excluding steroid dienone is 2. The maximum Gasteiger partial charge on any atom is 0.107 e. The second kappa shape index (κ2) is 8.17. The summed E-state index contributed by atoms with van der Waals surface area (Å²) in [5, 5.41) is 17.4. The van der Waals surface area contributed by atoms with Crippen LogP contribution in [0.3, 0.4) is 0 Å². The van der Waals surface area contributed by atoms with Crippen molar-refractivity contribution < 1.29 is 5.11 Å². The summed E-state index contributed by atoms with van der Waals surface area (Å²) in [6.07, 6.45) is 5.84. The van der Waals surface area contributed by atoms with Crippen LogP contribution in [-0.2, 0) is 18.5 Å². The van der Waals surface area contributed by atoms with E-state index in [0.717, 1.165) is 29.4 Å². The maximum atomic E-state index is 10.6. The van der Waals surface area contributed by atoms with E-state index in [1.54, 1.807) is 11.3 Å². The molecule has 3 rings (SSSR count). The molecule has 0 aliphatic heterocycles. The normalized spacial score (nSPS) is 22.6. The molecule has 4 heteroatoms. The molecule has 1 aliphatic carbocycles. The molecule has 3 nitrogen and oxygen atoms in total. The minimum atomic E-state index is -0.531. The monoisotopic (exact) mass is 410 g/mol. The predicted octanol–water partition coefficient (Wildman–Crippen LogP) is 5.62. The Morgan fingerprint density at radius 1 is 1.07 bits per heavy atom. The Labute approximate surface area is 179 Å². The van der Waals surface area contributed by atoms with Crippen molar-refractivity contribution in [3.63, 3.8) is 0 Å². The van der Waals surface area contributed by atoms with E-state index in [-0.39, 0.29) is 16.2 Å². The van der Waals surface area contributed by atoms with Crippen molar-refractivity contribution >= 4 is 11.3 Å². The summed E-state index contributed by atoms with van der Waals surface area (Å²) >= 11 is 1.70. The number of thiazole rings is 1. The number of hydrogen-bond acceptors (Lipinski definition) is 4. The van der Waals surface area contributed by atoms with Gasteiger partial charge in [-0.3, -0.25) is 0 Å². The molecule has 1 aromatic heterocycles. The van der Waals surface area contributed by atoms with E-state index in [1.165, 1.54) is 5.56 Å². The number of aliphatic hydroxyl groups excluding tert-OH is 1. The van der Waals surface area contributed by atoms with Gasteiger partial charge in [-0.25, -0.2) is 4.98 Å². The van der Waals surface area contributed by atoms with Crippen molar-refractivity contribution in [1.82, 2.24) is 10.3 Å².